The Morgan fingerprint density at radius 1 is 1.25 bits per heavy atom. The second kappa shape index (κ2) is 9.54. The number of anilines is 2. The van der Waals surface area contributed by atoms with Crippen molar-refractivity contribution in [2.24, 2.45) is 0 Å². The molecule has 0 saturated carbocycles. The Balaban J connectivity index is 2.19. The van der Waals surface area contributed by atoms with Gasteiger partial charge in [0.1, 0.15) is 11.4 Å². The van der Waals surface area contributed by atoms with Gasteiger partial charge in [0.25, 0.3) is 6.43 Å². The lowest BCUT2D eigenvalue weighted by Crippen LogP contribution is -2.49. The van der Waals surface area contributed by atoms with E-state index in [0.717, 1.165) is 19.3 Å². The first kappa shape index (κ1) is 21.7. The van der Waals surface area contributed by atoms with Gasteiger partial charge in [0.2, 0.25) is 5.91 Å². The van der Waals surface area contributed by atoms with Crippen molar-refractivity contribution in [2.75, 3.05) is 50.1 Å². The van der Waals surface area contributed by atoms with Gasteiger partial charge < -0.3 is 15.0 Å². The highest BCUT2D eigenvalue weighted by molar-refractivity contribution is 6.05. The molecule has 1 aromatic carbocycles. The maximum atomic E-state index is 14.5. The van der Waals surface area contributed by atoms with Crippen LogP contribution in [0.3, 0.4) is 0 Å². The monoisotopic (exact) mass is 403 g/mol. The molecule has 6 nitrogen and oxygen atoms in total. The van der Waals surface area contributed by atoms with E-state index in [-0.39, 0.29) is 12.2 Å². The molecule has 1 saturated heterocycles. The molecule has 2 rings (SSSR count). The minimum Gasteiger partial charge on any atom is -0.465 e. The van der Waals surface area contributed by atoms with Crippen molar-refractivity contribution >= 4 is 23.3 Å². The first-order valence-electron chi connectivity index (χ1n) is 8.51. The number of carbonyl (C=O) groups is 2. The largest absolute Gasteiger partial charge is 0.465 e. The highest BCUT2D eigenvalue weighted by Gasteiger charge is 2.27. The molecule has 1 N–H and O–H groups in total. The lowest BCUT2D eigenvalue weighted by molar-refractivity contribution is -0.111. The Bertz CT molecular complexity index is 737. The molecule has 10 heteroatoms. The minimum atomic E-state index is -3.03. The molecule has 1 atom stereocenters. The lowest BCUT2D eigenvalue weighted by Gasteiger charge is -2.36. The van der Waals surface area contributed by atoms with Crippen LogP contribution in [-0.2, 0) is 9.53 Å². The number of carbonyl (C=O) groups excluding carboxylic acids is 2. The highest BCUT2D eigenvalue weighted by Crippen LogP contribution is 2.28. The quantitative estimate of drug-likeness (QED) is 0.431. The number of hydrogen-bond acceptors (Lipinski definition) is 5. The van der Waals surface area contributed by atoms with Crippen LogP contribution in [0.4, 0.5) is 28.9 Å². The average Bonchev–Trinajstić information content (AvgIpc) is 2.67. The van der Waals surface area contributed by atoms with Gasteiger partial charge in [0.15, 0.2) is 6.17 Å². The Kier molecular flexibility index (Phi) is 7.38. The summed E-state index contributed by atoms with van der Waals surface area (Å²) in [5, 5.41) is 2.38. The Morgan fingerprint density at radius 3 is 2.43 bits per heavy atom. The fourth-order valence-corrected chi connectivity index (χ4v) is 2.88. The van der Waals surface area contributed by atoms with Gasteiger partial charge in [0.05, 0.1) is 12.8 Å². The van der Waals surface area contributed by atoms with E-state index in [2.05, 4.69) is 16.6 Å². The molecule has 1 amide bonds. The molecule has 1 unspecified atom stereocenters. The van der Waals surface area contributed by atoms with E-state index in [1.54, 1.807) is 9.80 Å². The molecule has 1 fully saturated rings. The van der Waals surface area contributed by atoms with Gasteiger partial charge >= 0.3 is 5.97 Å². The van der Waals surface area contributed by atoms with E-state index in [9.17, 15) is 27.2 Å². The van der Waals surface area contributed by atoms with Crippen LogP contribution in [0.2, 0.25) is 0 Å². The van der Waals surface area contributed by atoms with Gasteiger partial charge in [-0.15, -0.1) is 0 Å². The van der Waals surface area contributed by atoms with Gasteiger partial charge in [-0.25, -0.2) is 22.4 Å². The van der Waals surface area contributed by atoms with Gasteiger partial charge in [-0.1, -0.05) is 6.58 Å². The number of ether oxygens (including phenoxy) is 1. The van der Waals surface area contributed by atoms with Crippen molar-refractivity contribution in [3.05, 3.63) is 36.2 Å². The number of esters is 1. The number of benzene rings is 1. The average molecular weight is 403 g/mol. The van der Waals surface area contributed by atoms with Crippen LogP contribution >= 0.6 is 0 Å². The molecule has 1 aromatic rings. The Labute approximate surface area is 159 Å². The molecule has 0 bridgehead atoms. The summed E-state index contributed by atoms with van der Waals surface area (Å²) in [6.07, 6.45) is -4.28. The fourth-order valence-electron chi connectivity index (χ4n) is 2.88. The molecule has 0 aromatic heterocycles. The zero-order chi connectivity index (χ0) is 20.8. The molecule has 154 valence electrons. The number of nitrogens with one attached hydrogen (secondary N) is 1. The zero-order valence-electron chi connectivity index (χ0n) is 15.3. The van der Waals surface area contributed by atoms with Gasteiger partial charge in [-0.3, -0.25) is 9.69 Å². The third kappa shape index (κ3) is 5.22. The molecule has 0 aliphatic carbocycles. The van der Waals surface area contributed by atoms with E-state index < -0.39 is 35.9 Å². The molecular weight excluding hydrogens is 382 g/mol. The molecule has 0 spiro atoms. The predicted octanol–water partition coefficient (Wildman–Crippen LogP) is 2.46. The molecule has 28 heavy (non-hydrogen) atoms. The first-order valence-corrected chi connectivity index (χ1v) is 8.51. The van der Waals surface area contributed by atoms with Crippen LogP contribution in [0.5, 0.6) is 0 Å². The zero-order valence-corrected chi connectivity index (χ0v) is 15.3. The van der Waals surface area contributed by atoms with Crippen molar-refractivity contribution in [3.63, 3.8) is 0 Å². The van der Waals surface area contributed by atoms with Crippen LogP contribution < -0.4 is 10.2 Å². The van der Waals surface area contributed by atoms with Gasteiger partial charge in [-0.05, 0) is 18.2 Å². The maximum Gasteiger partial charge on any atom is 0.342 e. The van der Waals surface area contributed by atoms with E-state index in [1.165, 1.54) is 6.07 Å². The summed E-state index contributed by atoms with van der Waals surface area (Å²) >= 11 is 0. The summed E-state index contributed by atoms with van der Waals surface area (Å²) in [5.74, 6) is -2.46. The number of halogens is 4. The first-order chi connectivity index (χ1) is 13.3. The third-order valence-electron chi connectivity index (χ3n) is 4.35. The number of amides is 1. The molecular formula is C18H21F4N3O3. The Morgan fingerprint density at radius 2 is 1.89 bits per heavy atom. The van der Waals surface area contributed by atoms with Gasteiger partial charge in [0, 0.05) is 38.4 Å². The minimum absolute atomic E-state index is 0.0734. The third-order valence-corrected chi connectivity index (χ3v) is 4.35. The van der Waals surface area contributed by atoms with Gasteiger partial charge in [-0.2, -0.15) is 0 Å². The normalized spacial score (nSPS) is 16.0. The van der Waals surface area contributed by atoms with Crippen molar-refractivity contribution in [1.82, 2.24) is 4.90 Å². The summed E-state index contributed by atoms with van der Waals surface area (Å²) in [4.78, 5) is 26.8. The maximum absolute atomic E-state index is 14.5. The van der Waals surface area contributed by atoms with Crippen molar-refractivity contribution in [1.29, 1.82) is 0 Å². The van der Waals surface area contributed by atoms with Crippen LogP contribution in [0, 0.1) is 5.82 Å². The van der Waals surface area contributed by atoms with Crippen LogP contribution in [0.1, 0.15) is 10.4 Å². The highest BCUT2D eigenvalue weighted by atomic mass is 19.3. The summed E-state index contributed by atoms with van der Waals surface area (Å²) in [6.45, 7) is 4.22. The SMILES string of the molecule is C=CC(=O)Nc1cc(N2CCN(CC(F)C(F)F)CC2)cc(F)c1C(=O)OC. The van der Waals surface area contributed by atoms with Crippen molar-refractivity contribution in [3.8, 4) is 0 Å². The summed E-state index contributed by atoms with van der Waals surface area (Å²) in [6, 6.07) is 2.55. The van der Waals surface area contributed by atoms with Crippen LogP contribution in [-0.4, -0.2) is 69.2 Å². The molecule has 1 heterocycles. The van der Waals surface area contributed by atoms with Crippen molar-refractivity contribution < 1.29 is 31.9 Å². The molecule has 1 aliphatic rings. The number of hydrogen-bond donors (Lipinski definition) is 1. The van der Waals surface area contributed by atoms with Crippen LogP contribution in [0.15, 0.2) is 24.8 Å². The lowest BCUT2D eigenvalue weighted by atomic mass is 10.1. The topological polar surface area (TPSA) is 61.9 Å². The summed E-state index contributed by atoms with van der Waals surface area (Å²) in [7, 11) is 1.09. The second-order valence-corrected chi connectivity index (χ2v) is 6.17. The van der Waals surface area contributed by atoms with E-state index in [1.807, 2.05) is 0 Å². The predicted molar refractivity (Wildman–Crippen MR) is 96.1 cm³/mol. The number of nitrogens with zero attached hydrogens (tertiary/aromatic N) is 2. The summed E-state index contributed by atoms with van der Waals surface area (Å²) in [5.41, 5.74) is -0.109. The Hall–Kier alpha value is -2.62. The van der Waals surface area contributed by atoms with E-state index >= 15 is 0 Å². The number of rotatable bonds is 7. The number of piperazine rings is 1. The smallest absolute Gasteiger partial charge is 0.342 e. The number of methoxy groups -OCH3 is 1. The standard InChI is InChI=1S/C18H21F4N3O3/c1-3-15(26)23-14-9-11(8-12(19)16(14)18(27)28-2)25-6-4-24(5-7-25)10-13(20)17(21)22/h3,8-9,13,17H,1,4-7,10H2,2H3,(H,23,26). The molecule has 1 aliphatic heterocycles. The number of alkyl halides is 3. The van der Waals surface area contributed by atoms with E-state index in [4.69, 9.17) is 0 Å². The molecule has 0 radical (unpaired) electrons. The van der Waals surface area contributed by atoms with Crippen molar-refractivity contribution in [2.45, 2.75) is 12.6 Å². The second-order valence-electron chi connectivity index (χ2n) is 6.17. The summed E-state index contributed by atoms with van der Waals surface area (Å²) < 4.78 is 57.0. The fraction of sp³-hybridized carbons (Fsp3) is 0.444. The van der Waals surface area contributed by atoms with Crippen LogP contribution in [0.25, 0.3) is 0 Å². The van der Waals surface area contributed by atoms with E-state index in [0.29, 0.717) is 31.9 Å².